The Hall–Kier alpha value is -1.55. The number of nitriles is 1. The van der Waals surface area contributed by atoms with Crippen LogP contribution in [0.25, 0.3) is 0 Å². The van der Waals surface area contributed by atoms with Crippen LogP contribution >= 0.6 is 0 Å². The van der Waals surface area contributed by atoms with Gasteiger partial charge in [0.15, 0.2) is 0 Å². The van der Waals surface area contributed by atoms with E-state index in [2.05, 4.69) is 24.8 Å². The summed E-state index contributed by atoms with van der Waals surface area (Å²) in [5.74, 6) is 1.65. The van der Waals surface area contributed by atoms with Crippen LogP contribution in [0.15, 0.2) is 36.9 Å². The second kappa shape index (κ2) is 7.90. The van der Waals surface area contributed by atoms with Gasteiger partial charge in [-0.05, 0) is 68.1 Å². The van der Waals surface area contributed by atoms with Gasteiger partial charge < -0.3 is 0 Å². The Morgan fingerprint density at radius 3 is 2.40 bits per heavy atom. The summed E-state index contributed by atoms with van der Waals surface area (Å²) >= 11 is 0. The third kappa shape index (κ3) is 4.23. The van der Waals surface area contributed by atoms with Crippen molar-refractivity contribution >= 4 is 0 Å². The van der Waals surface area contributed by atoms with Gasteiger partial charge in [-0.15, -0.1) is 6.58 Å². The Balaban J connectivity index is 1.76. The predicted octanol–water partition coefficient (Wildman–Crippen LogP) is 5.58. The van der Waals surface area contributed by atoms with Crippen LogP contribution in [0.2, 0.25) is 0 Å². The van der Waals surface area contributed by atoms with E-state index in [0.717, 1.165) is 11.5 Å². The molecule has 0 aliphatic heterocycles. The summed E-state index contributed by atoms with van der Waals surface area (Å²) in [7, 11) is 0. The number of benzene rings is 1. The number of rotatable bonds is 6. The monoisotopic (exact) mass is 267 g/mol. The molecule has 2 rings (SSSR count). The average molecular weight is 267 g/mol. The van der Waals surface area contributed by atoms with Crippen molar-refractivity contribution in [1.29, 1.82) is 5.26 Å². The summed E-state index contributed by atoms with van der Waals surface area (Å²) in [5.41, 5.74) is 2.19. The smallest absolute Gasteiger partial charge is 0.0991 e. The van der Waals surface area contributed by atoms with Gasteiger partial charge in [0.25, 0.3) is 0 Å². The van der Waals surface area contributed by atoms with E-state index in [-0.39, 0.29) is 0 Å². The van der Waals surface area contributed by atoms with Crippen molar-refractivity contribution in [2.75, 3.05) is 0 Å². The van der Waals surface area contributed by atoms with Gasteiger partial charge >= 0.3 is 0 Å². The Labute approximate surface area is 123 Å². The van der Waals surface area contributed by atoms with E-state index in [1.807, 2.05) is 18.2 Å². The largest absolute Gasteiger partial charge is 0.192 e. The van der Waals surface area contributed by atoms with Crippen molar-refractivity contribution in [2.45, 2.75) is 57.3 Å². The summed E-state index contributed by atoms with van der Waals surface area (Å²) in [6.07, 6.45) is 12.6. The van der Waals surface area contributed by atoms with E-state index in [9.17, 15) is 0 Å². The minimum absolute atomic E-state index is 0.715. The number of nitrogens with zero attached hydrogens (tertiary/aromatic N) is 1. The minimum Gasteiger partial charge on any atom is -0.192 e. The maximum atomic E-state index is 8.84. The molecule has 0 saturated heterocycles. The van der Waals surface area contributed by atoms with Gasteiger partial charge in [0, 0.05) is 0 Å². The van der Waals surface area contributed by atoms with Crippen LogP contribution in [0.1, 0.15) is 68.4 Å². The summed E-state index contributed by atoms with van der Waals surface area (Å²) in [6.45, 7) is 3.78. The lowest BCUT2D eigenvalue weighted by Gasteiger charge is -2.28. The quantitative estimate of drug-likeness (QED) is 0.487. The molecule has 0 aromatic heterocycles. The Morgan fingerprint density at radius 2 is 1.80 bits per heavy atom. The molecule has 0 unspecified atom stereocenters. The molecule has 1 aliphatic rings. The molecule has 0 amide bonds. The molecule has 1 saturated carbocycles. The molecular formula is C19H25N. The highest BCUT2D eigenvalue weighted by atomic mass is 14.3. The summed E-state index contributed by atoms with van der Waals surface area (Å²) in [5, 5.41) is 8.84. The molecular weight excluding hydrogens is 242 g/mol. The molecule has 1 nitrogen and oxygen atoms in total. The summed E-state index contributed by atoms with van der Waals surface area (Å²) in [6, 6.07) is 10.4. The van der Waals surface area contributed by atoms with Crippen molar-refractivity contribution < 1.29 is 0 Å². The fraction of sp³-hybridized carbons (Fsp3) is 0.526. The lowest BCUT2D eigenvalue weighted by Crippen LogP contribution is -2.13. The highest BCUT2D eigenvalue weighted by Gasteiger charge is 2.21. The molecule has 20 heavy (non-hydrogen) atoms. The van der Waals surface area contributed by atoms with Crippen LogP contribution in [-0.4, -0.2) is 0 Å². The van der Waals surface area contributed by atoms with Crippen LogP contribution in [0, 0.1) is 17.2 Å². The van der Waals surface area contributed by atoms with Crippen molar-refractivity contribution in [1.82, 2.24) is 0 Å². The van der Waals surface area contributed by atoms with Crippen molar-refractivity contribution in [3.8, 4) is 6.07 Å². The molecule has 0 N–H and O–H groups in total. The van der Waals surface area contributed by atoms with Gasteiger partial charge in [-0.2, -0.15) is 5.26 Å². The van der Waals surface area contributed by atoms with Crippen LogP contribution in [-0.2, 0) is 0 Å². The molecule has 0 spiro atoms. The molecule has 1 heteroatoms. The molecule has 106 valence electrons. The van der Waals surface area contributed by atoms with Gasteiger partial charge in [-0.1, -0.05) is 31.1 Å². The number of allylic oxidation sites excluding steroid dienone is 1. The first-order valence-electron chi connectivity index (χ1n) is 7.94. The Bertz CT molecular complexity index is 444. The molecule has 1 aromatic carbocycles. The fourth-order valence-electron chi connectivity index (χ4n) is 3.34. The highest BCUT2D eigenvalue weighted by Crippen LogP contribution is 2.37. The molecule has 1 aromatic rings. The zero-order valence-corrected chi connectivity index (χ0v) is 12.4. The van der Waals surface area contributed by atoms with Gasteiger partial charge in [-0.25, -0.2) is 0 Å². The van der Waals surface area contributed by atoms with E-state index in [4.69, 9.17) is 5.26 Å². The van der Waals surface area contributed by atoms with Crippen LogP contribution in [0.4, 0.5) is 0 Å². The second-order valence-corrected chi connectivity index (χ2v) is 6.02. The second-order valence-electron chi connectivity index (χ2n) is 6.02. The van der Waals surface area contributed by atoms with Crippen LogP contribution in [0.3, 0.4) is 0 Å². The summed E-state index contributed by atoms with van der Waals surface area (Å²) < 4.78 is 0. The number of unbranched alkanes of at least 4 members (excludes halogenated alkanes) is 2. The lowest BCUT2D eigenvalue weighted by molar-refractivity contribution is 0.303. The molecule has 1 aliphatic carbocycles. The third-order valence-corrected chi connectivity index (χ3v) is 4.63. The minimum atomic E-state index is 0.715. The maximum Gasteiger partial charge on any atom is 0.0991 e. The third-order valence-electron chi connectivity index (χ3n) is 4.63. The van der Waals surface area contributed by atoms with Gasteiger partial charge in [-0.3, -0.25) is 0 Å². The first kappa shape index (κ1) is 14.9. The number of hydrogen-bond acceptors (Lipinski definition) is 1. The maximum absolute atomic E-state index is 8.84. The Morgan fingerprint density at radius 1 is 1.10 bits per heavy atom. The van der Waals surface area contributed by atoms with Gasteiger partial charge in [0.2, 0.25) is 0 Å². The van der Waals surface area contributed by atoms with Gasteiger partial charge in [0.05, 0.1) is 11.6 Å². The number of hydrogen-bond donors (Lipinski definition) is 0. The summed E-state index contributed by atoms with van der Waals surface area (Å²) in [4.78, 5) is 0. The van der Waals surface area contributed by atoms with Crippen LogP contribution < -0.4 is 0 Å². The van der Waals surface area contributed by atoms with Gasteiger partial charge in [0.1, 0.15) is 0 Å². The predicted molar refractivity (Wildman–Crippen MR) is 84.5 cm³/mol. The first-order valence-corrected chi connectivity index (χ1v) is 7.94. The average Bonchev–Trinajstić information content (AvgIpc) is 2.52. The lowest BCUT2D eigenvalue weighted by atomic mass is 9.77. The standard InChI is InChI=1S/C19H25N/c1-2-3-4-5-6-16-7-11-18(12-8-16)19-13-9-17(15-20)10-14-19/h2,9-10,13-14,16,18H,1,3-8,11-12H2. The van der Waals surface area contributed by atoms with Crippen molar-refractivity contribution in [2.24, 2.45) is 5.92 Å². The zero-order valence-electron chi connectivity index (χ0n) is 12.4. The zero-order chi connectivity index (χ0) is 14.2. The Kier molecular flexibility index (Phi) is 5.87. The molecule has 0 bridgehead atoms. The topological polar surface area (TPSA) is 23.8 Å². The normalized spacial score (nSPS) is 22.1. The van der Waals surface area contributed by atoms with Crippen molar-refractivity contribution in [3.05, 3.63) is 48.0 Å². The molecule has 0 heterocycles. The van der Waals surface area contributed by atoms with E-state index >= 15 is 0 Å². The van der Waals surface area contributed by atoms with E-state index < -0.39 is 0 Å². The van der Waals surface area contributed by atoms with E-state index in [0.29, 0.717) is 5.92 Å². The van der Waals surface area contributed by atoms with Crippen LogP contribution in [0.5, 0.6) is 0 Å². The first-order chi connectivity index (χ1) is 9.83. The fourth-order valence-corrected chi connectivity index (χ4v) is 3.34. The molecule has 1 fully saturated rings. The molecule has 0 atom stereocenters. The van der Waals surface area contributed by atoms with E-state index in [1.54, 1.807) is 0 Å². The molecule has 0 radical (unpaired) electrons. The van der Waals surface area contributed by atoms with Crippen molar-refractivity contribution in [3.63, 3.8) is 0 Å². The van der Waals surface area contributed by atoms with E-state index in [1.165, 1.54) is 56.9 Å². The highest BCUT2D eigenvalue weighted by molar-refractivity contribution is 5.33. The SMILES string of the molecule is C=CCCCCC1CCC(c2ccc(C#N)cc2)CC1.